The Morgan fingerprint density at radius 3 is 2.73 bits per heavy atom. The van der Waals surface area contributed by atoms with E-state index in [1.807, 2.05) is 6.92 Å². The number of hydrogen-bond donors (Lipinski definition) is 1. The first-order valence-electron chi connectivity index (χ1n) is 4.66. The number of hydrogen-bond acceptors (Lipinski definition) is 2. The Morgan fingerprint density at radius 1 is 1.60 bits per heavy atom. The van der Waals surface area contributed by atoms with Gasteiger partial charge in [-0.05, 0) is 40.0 Å². The van der Waals surface area contributed by atoms with Crippen molar-refractivity contribution < 1.29 is 14.6 Å². The topological polar surface area (TPSA) is 46.5 Å². The summed E-state index contributed by atoms with van der Waals surface area (Å²) >= 11 is 3.33. The van der Waals surface area contributed by atoms with E-state index in [1.54, 1.807) is 25.3 Å². The monoisotopic (exact) mass is 272 g/mol. The van der Waals surface area contributed by atoms with Crippen molar-refractivity contribution in [3.63, 3.8) is 0 Å². The van der Waals surface area contributed by atoms with Crippen LogP contribution in [0.25, 0.3) is 0 Å². The fourth-order valence-corrected chi connectivity index (χ4v) is 1.85. The lowest BCUT2D eigenvalue weighted by Gasteiger charge is -2.12. The standard InChI is InChI=1S/C11H13BrO3/c1-3-8(11(13)14)7-4-5-9(12)10(6-7)15-2/h4-6,8H,3H2,1-2H3,(H,13,14). The molecule has 1 aromatic rings. The zero-order valence-electron chi connectivity index (χ0n) is 8.66. The van der Waals surface area contributed by atoms with Gasteiger partial charge in [-0.3, -0.25) is 4.79 Å². The number of aliphatic carboxylic acids is 1. The molecule has 0 aromatic heterocycles. The third kappa shape index (κ3) is 2.72. The summed E-state index contributed by atoms with van der Waals surface area (Å²) in [4.78, 5) is 11.0. The van der Waals surface area contributed by atoms with Crippen LogP contribution in [0.3, 0.4) is 0 Å². The van der Waals surface area contributed by atoms with E-state index in [1.165, 1.54) is 0 Å². The number of carboxylic acids is 1. The second-order valence-corrected chi connectivity index (χ2v) is 4.05. The van der Waals surface area contributed by atoms with Crippen molar-refractivity contribution in [2.24, 2.45) is 0 Å². The number of halogens is 1. The quantitative estimate of drug-likeness (QED) is 0.917. The lowest BCUT2D eigenvalue weighted by molar-refractivity contribution is -0.138. The highest BCUT2D eigenvalue weighted by atomic mass is 79.9. The Morgan fingerprint density at radius 2 is 2.27 bits per heavy atom. The maximum absolute atomic E-state index is 11.0. The largest absolute Gasteiger partial charge is 0.496 e. The highest BCUT2D eigenvalue weighted by molar-refractivity contribution is 9.10. The van der Waals surface area contributed by atoms with Crippen LogP contribution < -0.4 is 4.74 Å². The molecule has 0 spiro atoms. The first kappa shape index (κ1) is 12.0. The summed E-state index contributed by atoms with van der Waals surface area (Å²) < 4.78 is 5.95. The van der Waals surface area contributed by atoms with E-state index in [4.69, 9.17) is 9.84 Å². The van der Waals surface area contributed by atoms with Gasteiger partial charge in [0, 0.05) is 0 Å². The van der Waals surface area contributed by atoms with Crippen molar-refractivity contribution in [2.45, 2.75) is 19.3 Å². The zero-order valence-corrected chi connectivity index (χ0v) is 10.2. The van der Waals surface area contributed by atoms with Gasteiger partial charge in [0.1, 0.15) is 5.75 Å². The summed E-state index contributed by atoms with van der Waals surface area (Å²) in [6.45, 7) is 1.85. The van der Waals surface area contributed by atoms with Crippen LogP contribution in [0.1, 0.15) is 24.8 Å². The average Bonchev–Trinajstić information content (AvgIpc) is 2.21. The number of methoxy groups -OCH3 is 1. The molecule has 0 amide bonds. The minimum atomic E-state index is -0.804. The summed E-state index contributed by atoms with van der Waals surface area (Å²) in [6, 6.07) is 5.36. The van der Waals surface area contributed by atoms with Crippen molar-refractivity contribution in [2.75, 3.05) is 7.11 Å². The normalized spacial score (nSPS) is 12.2. The van der Waals surface area contributed by atoms with Crippen molar-refractivity contribution >= 4 is 21.9 Å². The van der Waals surface area contributed by atoms with Gasteiger partial charge in [-0.1, -0.05) is 13.0 Å². The van der Waals surface area contributed by atoms with Gasteiger partial charge in [-0.15, -0.1) is 0 Å². The summed E-state index contributed by atoms with van der Waals surface area (Å²) in [6.07, 6.45) is 0.570. The molecule has 1 unspecified atom stereocenters. The smallest absolute Gasteiger partial charge is 0.310 e. The third-order valence-corrected chi connectivity index (χ3v) is 2.94. The lowest BCUT2D eigenvalue weighted by Crippen LogP contribution is -2.10. The number of ether oxygens (including phenoxy) is 1. The highest BCUT2D eigenvalue weighted by Gasteiger charge is 2.18. The van der Waals surface area contributed by atoms with E-state index in [0.717, 1.165) is 10.0 Å². The van der Waals surface area contributed by atoms with Gasteiger partial charge in [0.05, 0.1) is 17.5 Å². The van der Waals surface area contributed by atoms with E-state index in [-0.39, 0.29) is 0 Å². The number of benzene rings is 1. The van der Waals surface area contributed by atoms with Crippen LogP contribution in [-0.4, -0.2) is 18.2 Å². The van der Waals surface area contributed by atoms with Crippen LogP contribution in [0, 0.1) is 0 Å². The molecule has 1 rings (SSSR count). The van der Waals surface area contributed by atoms with Crippen LogP contribution in [0.15, 0.2) is 22.7 Å². The summed E-state index contributed by atoms with van der Waals surface area (Å²) in [7, 11) is 1.56. The highest BCUT2D eigenvalue weighted by Crippen LogP contribution is 2.30. The molecule has 0 saturated heterocycles. The molecule has 15 heavy (non-hydrogen) atoms. The zero-order chi connectivity index (χ0) is 11.4. The molecule has 0 aliphatic carbocycles. The Balaban J connectivity index is 3.09. The van der Waals surface area contributed by atoms with Gasteiger partial charge < -0.3 is 9.84 Å². The molecule has 0 aliphatic rings. The molecule has 0 aliphatic heterocycles. The maximum Gasteiger partial charge on any atom is 0.310 e. The van der Waals surface area contributed by atoms with E-state index in [2.05, 4.69) is 15.9 Å². The van der Waals surface area contributed by atoms with Crippen molar-refractivity contribution in [1.29, 1.82) is 0 Å². The predicted molar refractivity (Wildman–Crippen MR) is 61.4 cm³/mol. The fraction of sp³-hybridized carbons (Fsp3) is 0.364. The van der Waals surface area contributed by atoms with Crippen molar-refractivity contribution in [3.05, 3.63) is 28.2 Å². The minimum absolute atomic E-state index is 0.466. The molecule has 0 saturated carbocycles. The second-order valence-electron chi connectivity index (χ2n) is 3.19. The minimum Gasteiger partial charge on any atom is -0.496 e. The van der Waals surface area contributed by atoms with Crippen LogP contribution in [-0.2, 0) is 4.79 Å². The van der Waals surface area contributed by atoms with Gasteiger partial charge >= 0.3 is 5.97 Å². The molecule has 0 bridgehead atoms. The Hall–Kier alpha value is -1.03. The molecule has 3 nitrogen and oxygen atoms in total. The van der Waals surface area contributed by atoms with E-state index in [9.17, 15) is 4.79 Å². The summed E-state index contributed by atoms with van der Waals surface area (Å²) in [5.74, 6) is -0.610. The van der Waals surface area contributed by atoms with Crippen molar-refractivity contribution in [3.8, 4) is 5.75 Å². The van der Waals surface area contributed by atoms with Gasteiger partial charge in [-0.2, -0.15) is 0 Å². The SMILES string of the molecule is CCC(C(=O)O)c1ccc(Br)c(OC)c1. The average molecular weight is 273 g/mol. The van der Waals surface area contributed by atoms with E-state index >= 15 is 0 Å². The lowest BCUT2D eigenvalue weighted by atomic mass is 9.97. The van der Waals surface area contributed by atoms with Gasteiger partial charge in [0.2, 0.25) is 0 Å². The van der Waals surface area contributed by atoms with Gasteiger partial charge in [0.25, 0.3) is 0 Å². The molecular formula is C11H13BrO3. The Kier molecular flexibility index (Phi) is 4.15. The van der Waals surface area contributed by atoms with Gasteiger partial charge in [-0.25, -0.2) is 0 Å². The molecule has 0 fully saturated rings. The fourth-order valence-electron chi connectivity index (χ4n) is 1.45. The van der Waals surface area contributed by atoms with Crippen LogP contribution in [0.5, 0.6) is 5.75 Å². The molecule has 4 heteroatoms. The van der Waals surface area contributed by atoms with Gasteiger partial charge in [0.15, 0.2) is 0 Å². The van der Waals surface area contributed by atoms with E-state index in [0.29, 0.717) is 12.2 Å². The van der Waals surface area contributed by atoms with Crippen LogP contribution in [0.2, 0.25) is 0 Å². The van der Waals surface area contributed by atoms with Crippen molar-refractivity contribution in [1.82, 2.24) is 0 Å². The van der Waals surface area contributed by atoms with Crippen LogP contribution in [0.4, 0.5) is 0 Å². The Labute approximate surface area is 97.2 Å². The molecule has 82 valence electrons. The second kappa shape index (κ2) is 5.16. The first-order chi connectivity index (χ1) is 7.10. The maximum atomic E-state index is 11.0. The number of rotatable bonds is 4. The van der Waals surface area contributed by atoms with Crippen LogP contribution >= 0.6 is 15.9 Å². The molecule has 1 N–H and O–H groups in total. The number of carbonyl (C=O) groups is 1. The summed E-state index contributed by atoms with van der Waals surface area (Å²) in [5.41, 5.74) is 0.769. The Bertz CT molecular complexity index is 363. The first-order valence-corrected chi connectivity index (χ1v) is 5.45. The molecule has 0 radical (unpaired) electrons. The summed E-state index contributed by atoms with van der Waals surface area (Å²) in [5, 5.41) is 9.01. The molecule has 1 atom stereocenters. The molecular weight excluding hydrogens is 260 g/mol. The molecule has 0 heterocycles. The van der Waals surface area contributed by atoms with E-state index < -0.39 is 11.9 Å². The third-order valence-electron chi connectivity index (χ3n) is 2.28. The number of carboxylic acid groups (broad SMARTS) is 1. The molecule has 1 aromatic carbocycles. The predicted octanol–water partition coefficient (Wildman–Crippen LogP) is 3.04.